The van der Waals surface area contributed by atoms with Crippen molar-refractivity contribution in [3.8, 4) is 0 Å². The molecular weight excluding hydrogens is 684 g/mol. The Morgan fingerprint density at radius 2 is 1.29 bits per heavy atom. The summed E-state index contributed by atoms with van der Waals surface area (Å²) in [5.41, 5.74) is 11.1. The van der Waals surface area contributed by atoms with Crippen LogP contribution in [-0.4, -0.2) is 9.97 Å². The van der Waals surface area contributed by atoms with Gasteiger partial charge in [0.25, 0.3) is 0 Å². The van der Waals surface area contributed by atoms with E-state index in [2.05, 4.69) is 115 Å². The normalized spacial score (nSPS) is 24.3. The second-order valence-corrected chi connectivity index (χ2v) is 13.6. The summed E-state index contributed by atoms with van der Waals surface area (Å²) < 4.78 is 0. The summed E-state index contributed by atoms with van der Waals surface area (Å²) in [5, 5.41) is 6.50. The van der Waals surface area contributed by atoms with Crippen LogP contribution >= 0.6 is 22.7 Å². The molecule has 3 heterocycles. The first kappa shape index (κ1) is 27.4. The number of hydrogen-bond donors (Lipinski definition) is 0. The monoisotopic (exact) mass is 715 g/mol. The summed E-state index contributed by atoms with van der Waals surface area (Å²) in [6.45, 7) is 18.2. The van der Waals surface area contributed by atoms with Gasteiger partial charge in [-0.1, -0.05) is 64.8 Å². The second kappa shape index (κ2) is 9.22. The third kappa shape index (κ3) is 3.90. The third-order valence-corrected chi connectivity index (χ3v) is 10.9. The van der Waals surface area contributed by atoms with Crippen LogP contribution in [-0.2, 0) is 26.5 Å². The summed E-state index contributed by atoms with van der Waals surface area (Å²) in [6.07, 6.45) is 12.1. The van der Waals surface area contributed by atoms with Gasteiger partial charge in [0.15, 0.2) is 0 Å². The fraction of sp³-hybridized carbons (Fsp3) is 0.333. The summed E-state index contributed by atoms with van der Waals surface area (Å²) in [7, 11) is 0. The average Bonchev–Trinajstić information content (AvgIpc) is 3.67. The molecule has 3 aromatic rings. The van der Waals surface area contributed by atoms with E-state index in [0.29, 0.717) is 0 Å². The van der Waals surface area contributed by atoms with E-state index >= 15 is 0 Å². The van der Waals surface area contributed by atoms with E-state index in [-0.39, 0.29) is 37.3 Å². The van der Waals surface area contributed by atoms with Gasteiger partial charge in [0.1, 0.15) is 0 Å². The molecule has 0 unspecified atom stereocenters. The number of benzene rings is 1. The second-order valence-electron chi connectivity index (χ2n) is 11.9. The Bertz CT molecular complexity index is 1620. The van der Waals surface area contributed by atoms with Gasteiger partial charge in [0.05, 0.1) is 26.8 Å². The van der Waals surface area contributed by atoms with Gasteiger partial charge in [-0.3, -0.25) is 9.97 Å². The Morgan fingerprint density at radius 3 is 1.92 bits per heavy atom. The van der Waals surface area contributed by atoms with E-state index in [1.54, 1.807) is 22.7 Å². The van der Waals surface area contributed by atoms with Crippen molar-refractivity contribution in [1.82, 2.24) is 9.97 Å². The predicted molar refractivity (Wildman–Crippen MR) is 158 cm³/mol. The van der Waals surface area contributed by atoms with Crippen molar-refractivity contribution in [2.24, 2.45) is 10.8 Å². The van der Waals surface area contributed by atoms with Crippen LogP contribution in [0.5, 0.6) is 0 Å². The number of nitrogens with zero attached hydrogens (tertiary/aromatic N) is 2. The Hall–Kier alpha value is -2.13. The Kier molecular flexibility index (Phi) is 6.66. The molecule has 0 radical (unpaired) electrons. The van der Waals surface area contributed by atoms with E-state index < -0.39 is 0 Å². The number of aromatic nitrogens is 2. The molecule has 0 atom stereocenters. The molecule has 1 aliphatic heterocycles. The molecule has 8 bridgehead atoms. The first-order valence-electron chi connectivity index (χ1n) is 12.8. The van der Waals surface area contributed by atoms with Crippen LogP contribution in [0, 0.1) is 23.0 Å². The van der Waals surface area contributed by atoms with Gasteiger partial charge in [-0.2, -0.15) is 17.7 Å². The summed E-state index contributed by atoms with van der Waals surface area (Å²) in [4.78, 5) is 10.3. The largest absolute Gasteiger partial charge is 2.00 e. The zero-order chi connectivity index (χ0) is 26.3. The van der Waals surface area contributed by atoms with Crippen LogP contribution in [0.25, 0.3) is 22.3 Å². The zero-order valence-corrected chi connectivity index (χ0v) is 27.1. The Morgan fingerprint density at radius 1 is 0.711 bits per heavy atom. The predicted octanol–water partition coefficient (Wildman–Crippen LogP) is 9.19. The SMILES string of the molecule is C/C1=C2/[C-]=C(C=C2)C(C)(C)C(C)(C)C2=[C-]/C(=C(/C)c3nc(cs3)C(C)(C)c3csc1n3)c1ccccc12.[Pt+2]. The van der Waals surface area contributed by atoms with Gasteiger partial charge in [-0.25, -0.2) is 0 Å². The number of hydrogen-bond acceptors (Lipinski definition) is 4. The molecule has 3 aliphatic rings. The molecule has 0 fully saturated rings. The molecule has 2 aliphatic carbocycles. The van der Waals surface area contributed by atoms with Crippen molar-refractivity contribution < 1.29 is 21.1 Å². The van der Waals surface area contributed by atoms with Gasteiger partial charge in [0.2, 0.25) is 0 Å². The molecule has 6 rings (SSSR count). The molecule has 196 valence electrons. The van der Waals surface area contributed by atoms with Crippen molar-refractivity contribution in [2.45, 2.75) is 60.8 Å². The van der Waals surface area contributed by atoms with Crippen molar-refractivity contribution in [1.29, 1.82) is 0 Å². The smallest absolute Gasteiger partial charge is 0.251 e. The molecule has 2 nitrogen and oxygen atoms in total. The number of thiazole rings is 2. The van der Waals surface area contributed by atoms with Gasteiger partial charge >= 0.3 is 21.1 Å². The van der Waals surface area contributed by atoms with E-state index in [0.717, 1.165) is 32.5 Å². The number of allylic oxidation sites excluding steroid dienone is 10. The number of fused-ring (bicyclic) bond motifs is 9. The molecule has 5 heteroatoms. The van der Waals surface area contributed by atoms with E-state index in [1.165, 1.54) is 33.4 Å². The maximum absolute atomic E-state index is 5.17. The van der Waals surface area contributed by atoms with Crippen LogP contribution in [0.3, 0.4) is 0 Å². The first-order chi connectivity index (χ1) is 17.4. The minimum absolute atomic E-state index is 0. The quantitative estimate of drug-likeness (QED) is 0.217. The standard InChI is InChI=1S/C33H32N2S2.Pt/c1-19-21-13-14-22(15-21)32(5,6)33(7,8)26-16-25(23-11-9-10-12-24(23)26)20(2)30-35-28(18-37-30)31(3,4)27-17-36-29(19)34-27;/h9-14,17-18H,1-8H3;/q-2;+2/b21-19-,25-20+;. The molecule has 38 heavy (non-hydrogen) atoms. The van der Waals surface area contributed by atoms with Crippen molar-refractivity contribution >= 4 is 45.0 Å². The van der Waals surface area contributed by atoms with E-state index in [4.69, 9.17) is 9.97 Å². The van der Waals surface area contributed by atoms with Crippen LogP contribution < -0.4 is 0 Å². The van der Waals surface area contributed by atoms with Gasteiger partial charge in [-0.05, 0) is 24.7 Å². The fourth-order valence-electron chi connectivity index (χ4n) is 5.41. The molecule has 0 amide bonds. The van der Waals surface area contributed by atoms with Crippen molar-refractivity contribution in [3.05, 3.63) is 103 Å². The Balaban J connectivity index is 0.00000294. The molecule has 0 spiro atoms. The van der Waals surface area contributed by atoms with E-state index in [9.17, 15) is 0 Å². The van der Waals surface area contributed by atoms with Crippen LogP contribution in [0.4, 0.5) is 0 Å². The Labute approximate surface area is 249 Å². The summed E-state index contributed by atoms with van der Waals surface area (Å²) >= 11 is 3.43. The van der Waals surface area contributed by atoms with Crippen LogP contribution in [0.1, 0.15) is 87.9 Å². The average molecular weight is 716 g/mol. The fourth-order valence-corrected chi connectivity index (χ4v) is 7.42. The van der Waals surface area contributed by atoms with Crippen molar-refractivity contribution in [2.75, 3.05) is 0 Å². The minimum atomic E-state index is -0.286. The zero-order valence-electron chi connectivity index (χ0n) is 23.1. The van der Waals surface area contributed by atoms with Crippen LogP contribution in [0.2, 0.25) is 0 Å². The first-order valence-corrected chi connectivity index (χ1v) is 14.6. The molecule has 0 N–H and O–H groups in total. The summed E-state index contributed by atoms with van der Waals surface area (Å²) in [5.74, 6) is 0. The molecule has 0 saturated heterocycles. The van der Waals surface area contributed by atoms with Gasteiger partial charge < -0.3 is 0 Å². The van der Waals surface area contributed by atoms with Crippen molar-refractivity contribution in [3.63, 3.8) is 0 Å². The minimum Gasteiger partial charge on any atom is -0.251 e. The van der Waals surface area contributed by atoms with E-state index in [1.807, 2.05) is 0 Å². The summed E-state index contributed by atoms with van der Waals surface area (Å²) in [6, 6.07) is 8.76. The maximum atomic E-state index is 5.17. The number of rotatable bonds is 0. The van der Waals surface area contributed by atoms with Gasteiger partial charge in [0, 0.05) is 10.8 Å². The van der Waals surface area contributed by atoms with Gasteiger partial charge in [-0.15, -0.1) is 74.8 Å². The molecular formula is C33H32N2PtS2. The molecule has 0 saturated carbocycles. The maximum Gasteiger partial charge on any atom is 2.00 e. The van der Waals surface area contributed by atoms with Crippen LogP contribution in [0.15, 0.2) is 58.3 Å². The molecule has 2 aromatic heterocycles. The molecule has 1 aromatic carbocycles. The third-order valence-electron chi connectivity index (χ3n) is 8.97. The topological polar surface area (TPSA) is 25.8 Å².